The summed E-state index contributed by atoms with van der Waals surface area (Å²) in [6, 6.07) is 22.3. The number of anilines is 3. The van der Waals surface area contributed by atoms with Crippen molar-refractivity contribution < 1.29 is 0 Å². The van der Waals surface area contributed by atoms with Crippen LogP contribution in [0, 0.1) is 0 Å². The summed E-state index contributed by atoms with van der Waals surface area (Å²) in [5.41, 5.74) is 12.0. The number of nitrogens with two attached hydrogens (primary N) is 1. The molecule has 3 N–H and O–H groups in total. The number of aromatic nitrogens is 1. The van der Waals surface area contributed by atoms with Gasteiger partial charge in [-0.2, -0.15) is 0 Å². The Bertz CT molecular complexity index is 928. The highest BCUT2D eigenvalue weighted by atomic mass is 15.0. The van der Waals surface area contributed by atoms with E-state index in [1.807, 2.05) is 42.5 Å². The number of nitrogens with one attached hydrogen (secondary N) is 1. The van der Waals surface area contributed by atoms with E-state index >= 15 is 0 Å². The first-order valence-corrected chi connectivity index (χ1v) is 9.06. The minimum absolute atomic E-state index is 0.344. The summed E-state index contributed by atoms with van der Waals surface area (Å²) in [4.78, 5) is 4.73. The van der Waals surface area contributed by atoms with E-state index in [-0.39, 0.29) is 0 Å². The van der Waals surface area contributed by atoms with Gasteiger partial charge in [-0.15, -0.1) is 0 Å². The summed E-state index contributed by atoms with van der Waals surface area (Å²) in [6.07, 6.45) is 2.61. The number of pyridine rings is 1. The summed E-state index contributed by atoms with van der Waals surface area (Å²) >= 11 is 0. The van der Waals surface area contributed by atoms with Crippen molar-refractivity contribution in [2.75, 3.05) is 11.1 Å². The first kappa shape index (κ1) is 18.5. The maximum Gasteiger partial charge on any atom is 0.153 e. The van der Waals surface area contributed by atoms with Gasteiger partial charge in [0.05, 0.1) is 5.69 Å². The van der Waals surface area contributed by atoms with Crippen LogP contribution in [-0.2, 0) is 6.42 Å². The lowest BCUT2D eigenvalue weighted by atomic mass is 9.94. The predicted molar refractivity (Wildman–Crippen MR) is 116 cm³/mol. The number of allylic oxidation sites excluding steroid dienone is 2. The second kappa shape index (κ2) is 8.37. The van der Waals surface area contributed by atoms with Crippen molar-refractivity contribution in [3.63, 3.8) is 0 Å². The molecule has 0 aliphatic heterocycles. The lowest BCUT2D eigenvalue weighted by Crippen LogP contribution is -2.05. The van der Waals surface area contributed by atoms with Gasteiger partial charge in [-0.3, -0.25) is 0 Å². The van der Waals surface area contributed by atoms with Crippen LogP contribution in [0.25, 0.3) is 5.57 Å². The van der Waals surface area contributed by atoms with Gasteiger partial charge < -0.3 is 11.1 Å². The first-order valence-electron chi connectivity index (χ1n) is 9.06. The fraction of sp³-hybridized carbons (Fsp3) is 0.125. The second-order valence-corrected chi connectivity index (χ2v) is 6.69. The highest BCUT2D eigenvalue weighted by Gasteiger charge is 2.10. The topological polar surface area (TPSA) is 50.9 Å². The largest absolute Gasteiger partial charge is 0.396 e. The number of nitrogens with zero attached hydrogens (tertiary/aromatic N) is 1. The Hall–Kier alpha value is -3.33. The van der Waals surface area contributed by atoms with Gasteiger partial charge in [0.25, 0.3) is 0 Å². The lowest BCUT2D eigenvalue weighted by Gasteiger charge is -2.15. The molecule has 0 bridgehead atoms. The molecule has 1 aromatic heterocycles. The zero-order valence-corrected chi connectivity index (χ0v) is 15.7. The minimum Gasteiger partial charge on any atom is -0.396 e. The molecule has 136 valence electrons. The number of para-hydroxylation sites is 1. The molecule has 1 heterocycles. The molecule has 0 amide bonds. The van der Waals surface area contributed by atoms with Crippen LogP contribution < -0.4 is 11.1 Å². The maximum atomic E-state index is 6.10. The molecular formula is C24H25N3. The Kier molecular flexibility index (Phi) is 5.72. The number of nitrogen functional groups attached to an aromatic ring is 1. The van der Waals surface area contributed by atoms with E-state index in [1.165, 1.54) is 5.56 Å². The molecule has 1 unspecified atom stereocenters. The van der Waals surface area contributed by atoms with Gasteiger partial charge in [-0.25, -0.2) is 4.98 Å². The van der Waals surface area contributed by atoms with Crippen LogP contribution in [-0.4, -0.2) is 4.98 Å². The molecule has 0 aliphatic carbocycles. The van der Waals surface area contributed by atoms with E-state index in [1.54, 1.807) is 6.08 Å². The third-order valence-corrected chi connectivity index (χ3v) is 4.63. The van der Waals surface area contributed by atoms with Gasteiger partial charge in [-0.1, -0.05) is 68.6 Å². The van der Waals surface area contributed by atoms with Crippen molar-refractivity contribution in [1.29, 1.82) is 0 Å². The Morgan fingerprint density at radius 3 is 2.44 bits per heavy atom. The average molecular weight is 355 g/mol. The smallest absolute Gasteiger partial charge is 0.153 e. The summed E-state index contributed by atoms with van der Waals surface area (Å²) in [6.45, 7) is 9.97. The van der Waals surface area contributed by atoms with E-state index in [2.05, 4.69) is 49.7 Å². The van der Waals surface area contributed by atoms with Crippen LogP contribution in [0.3, 0.4) is 0 Å². The predicted octanol–water partition coefficient (Wildman–Crippen LogP) is 5.95. The molecule has 2 aromatic carbocycles. The number of rotatable bonds is 7. The van der Waals surface area contributed by atoms with E-state index in [0.717, 1.165) is 28.9 Å². The van der Waals surface area contributed by atoms with Crippen molar-refractivity contribution in [2.24, 2.45) is 0 Å². The molecular weight excluding hydrogens is 330 g/mol. The van der Waals surface area contributed by atoms with Crippen molar-refractivity contribution in [2.45, 2.75) is 19.3 Å². The molecule has 3 aromatic rings. The van der Waals surface area contributed by atoms with E-state index < -0.39 is 0 Å². The molecule has 3 rings (SSSR count). The van der Waals surface area contributed by atoms with Crippen LogP contribution >= 0.6 is 0 Å². The Morgan fingerprint density at radius 1 is 1.07 bits per heavy atom. The fourth-order valence-corrected chi connectivity index (χ4v) is 2.96. The minimum atomic E-state index is 0.344. The molecule has 3 heteroatoms. The van der Waals surface area contributed by atoms with Crippen LogP contribution in [0.5, 0.6) is 0 Å². The van der Waals surface area contributed by atoms with Crippen molar-refractivity contribution in [3.05, 3.63) is 103 Å². The highest BCUT2D eigenvalue weighted by molar-refractivity contribution is 5.71. The Labute approximate surface area is 161 Å². The third kappa shape index (κ3) is 4.64. The molecule has 3 nitrogen and oxygen atoms in total. The summed E-state index contributed by atoms with van der Waals surface area (Å²) in [7, 11) is 0. The Balaban J connectivity index is 1.74. The van der Waals surface area contributed by atoms with Gasteiger partial charge in [0.15, 0.2) is 5.82 Å². The van der Waals surface area contributed by atoms with E-state index in [0.29, 0.717) is 17.4 Å². The van der Waals surface area contributed by atoms with Gasteiger partial charge >= 0.3 is 0 Å². The van der Waals surface area contributed by atoms with Crippen molar-refractivity contribution >= 4 is 22.8 Å². The van der Waals surface area contributed by atoms with Crippen molar-refractivity contribution in [1.82, 2.24) is 4.98 Å². The molecule has 1 atom stereocenters. The maximum absolute atomic E-state index is 6.10. The van der Waals surface area contributed by atoms with Crippen LogP contribution in [0.15, 0.2) is 86.0 Å². The van der Waals surface area contributed by atoms with Gasteiger partial charge in [-0.05, 0) is 53.3 Å². The van der Waals surface area contributed by atoms with Crippen LogP contribution in [0.1, 0.15) is 29.7 Å². The van der Waals surface area contributed by atoms with Crippen molar-refractivity contribution in [3.8, 4) is 0 Å². The standard InChI is InChI=1S/C24H25N3/c1-4-17(2)19-10-12-20(13-11-19)18(3)16-22-14-15-23(25)24(27-22)26-21-8-6-5-7-9-21/h4-15,18H,1-2,16,25H2,3H3,(H,26,27). The molecule has 0 saturated heterocycles. The quantitative estimate of drug-likeness (QED) is 0.515. The summed E-state index contributed by atoms with van der Waals surface area (Å²) in [5, 5.41) is 3.30. The van der Waals surface area contributed by atoms with Gasteiger partial charge in [0.1, 0.15) is 0 Å². The molecule has 0 radical (unpaired) electrons. The van der Waals surface area contributed by atoms with Gasteiger partial charge in [0.2, 0.25) is 0 Å². The zero-order chi connectivity index (χ0) is 19.2. The van der Waals surface area contributed by atoms with E-state index in [9.17, 15) is 0 Å². The third-order valence-electron chi connectivity index (χ3n) is 4.63. The second-order valence-electron chi connectivity index (χ2n) is 6.69. The summed E-state index contributed by atoms with van der Waals surface area (Å²) < 4.78 is 0. The number of hydrogen-bond donors (Lipinski definition) is 2. The molecule has 0 saturated carbocycles. The van der Waals surface area contributed by atoms with Crippen LogP contribution in [0.4, 0.5) is 17.2 Å². The van der Waals surface area contributed by atoms with E-state index in [4.69, 9.17) is 10.7 Å². The SMILES string of the molecule is C=CC(=C)c1ccc(C(C)Cc2ccc(N)c(Nc3ccccc3)n2)cc1. The normalized spacial score (nSPS) is 11.6. The highest BCUT2D eigenvalue weighted by Crippen LogP contribution is 2.25. The number of benzene rings is 2. The molecule has 0 fully saturated rings. The number of hydrogen-bond acceptors (Lipinski definition) is 3. The monoisotopic (exact) mass is 355 g/mol. The van der Waals surface area contributed by atoms with Gasteiger partial charge in [0, 0.05) is 11.4 Å². The summed E-state index contributed by atoms with van der Waals surface area (Å²) in [5.74, 6) is 1.04. The zero-order valence-electron chi connectivity index (χ0n) is 15.7. The lowest BCUT2D eigenvalue weighted by molar-refractivity contribution is 0.742. The fourth-order valence-electron chi connectivity index (χ4n) is 2.96. The first-order chi connectivity index (χ1) is 13.1. The molecule has 27 heavy (non-hydrogen) atoms. The molecule has 0 spiro atoms. The molecule has 0 aliphatic rings. The van der Waals surface area contributed by atoms with Crippen LogP contribution in [0.2, 0.25) is 0 Å². The Morgan fingerprint density at radius 2 is 1.78 bits per heavy atom. The average Bonchev–Trinajstić information content (AvgIpc) is 2.70.